The molecule has 14 heavy (non-hydrogen) atoms. The van der Waals surface area contributed by atoms with E-state index in [0.717, 1.165) is 15.1 Å². The molecule has 0 fully saturated rings. The lowest BCUT2D eigenvalue weighted by molar-refractivity contribution is 1.59. The molecule has 0 aliphatic rings. The third-order valence-corrected chi connectivity index (χ3v) is 3.27. The summed E-state index contributed by atoms with van der Waals surface area (Å²) in [4.78, 5) is 0. The second kappa shape index (κ2) is 4.52. The van der Waals surface area contributed by atoms with E-state index in [1.807, 2.05) is 18.2 Å². The lowest BCUT2D eigenvalue weighted by Crippen LogP contribution is -2.16. The summed E-state index contributed by atoms with van der Waals surface area (Å²) < 4.78 is 0.968. The molecule has 0 nitrogen and oxygen atoms in total. The van der Waals surface area contributed by atoms with Gasteiger partial charge in [-0.3, -0.25) is 0 Å². The summed E-state index contributed by atoms with van der Waals surface area (Å²) in [6, 6.07) is 5.68. The van der Waals surface area contributed by atoms with E-state index in [9.17, 15) is 0 Å². The van der Waals surface area contributed by atoms with E-state index in [2.05, 4.69) is 47.0 Å². The van der Waals surface area contributed by atoms with Gasteiger partial charge in [-0.2, -0.15) is 0 Å². The molecule has 1 aromatic rings. The molecular formula is C11H12BrClSi. The number of hydrogen-bond donors (Lipinski definition) is 0. The van der Waals surface area contributed by atoms with Crippen molar-refractivity contribution < 1.29 is 0 Å². The second-order valence-corrected chi connectivity index (χ2v) is 10.2. The predicted molar refractivity (Wildman–Crippen MR) is 69.4 cm³/mol. The van der Waals surface area contributed by atoms with Crippen LogP contribution in [0.1, 0.15) is 5.56 Å². The van der Waals surface area contributed by atoms with Crippen LogP contribution < -0.4 is 0 Å². The predicted octanol–water partition coefficient (Wildman–Crippen LogP) is 4.33. The van der Waals surface area contributed by atoms with E-state index in [1.54, 1.807) is 0 Å². The first-order valence-electron chi connectivity index (χ1n) is 4.37. The van der Waals surface area contributed by atoms with Gasteiger partial charge in [-0.15, -0.1) is 5.54 Å². The maximum atomic E-state index is 5.84. The first-order chi connectivity index (χ1) is 6.38. The molecule has 0 bridgehead atoms. The minimum absolute atomic E-state index is 0.732. The molecule has 1 rings (SSSR count). The molecule has 0 N–H and O–H groups in total. The van der Waals surface area contributed by atoms with Gasteiger partial charge in [-0.25, -0.2) is 0 Å². The van der Waals surface area contributed by atoms with Crippen LogP contribution in [0.3, 0.4) is 0 Å². The largest absolute Gasteiger partial charge is 0.129 e. The molecule has 0 aromatic heterocycles. The number of hydrogen-bond acceptors (Lipinski definition) is 0. The zero-order chi connectivity index (χ0) is 10.8. The number of benzene rings is 1. The highest BCUT2D eigenvalue weighted by molar-refractivity contribution is 9.10. The Balaban J connectivity index is 3.02. The van der Waals surface area contributed by atoms with Crippen LogP contribution >= 0.6 is 27.5 Å². The van der Waals surface area contributed by atoms with Crippen LogP contribution in [0.4, 0.5) is 0 Å². The molecule has 0 saturated carbocycles. The standard InChI is InChI=1S/C11H12BrClSi/c1-14(2,3)7-6-9-4-5-10(13)8-11(9)12/h4-5,8H,1-3H3. The molecule has 1 aromatic carbocycles. The Hall–Kier alpha value is -0.233. The van der Waals surface area contributed by atoms with Crippen LogP contribution in [0.15, 0.2) is 22.7 Å². The van der Waals surface area contributed by atoms with Crippen molar-refractivity contribution in [1.82, 2.24) is 0 Å². The first kappa shape index (κ1) is 11.8. The van der Waals surface area contributed by atoms with E-state index < -0.39 is 8.07 Å². The van der Waals surface area contributed by atoms with Gasteiger partial charge in [0.15, 0.2) is 0 Å². The average Bonchev–Trinajstić information content (AvgIpc) is 2.00. The summed E-state index contributed by atoms with van der Waals surface area (Å²) in [7, 11) is -1.29. The molecule has 0 unspecified atom stereocenters. The highest BCUT2D eigenvalue weighted by atomic mass is 79.9. The van der Waals surface area contributed by atoms with Crippen LogP contribution in [0.2, 0.25) is 24.7 Å². The lowest BCUT2D eigenvalue weighted by atomic mass is 10.2. The minimum Gasteiger partial charge on any atom is -0.127 e. The van der Waals surface area contributed by atoms with Gasteiger partial charge < -0.3 is 0 Å². The third-order valence-electron chi connectivity index (χ3n) is 1.50. The molecular weight excluding hydrogens is 276 g/mol. The summed E-state index contributed by atoms with van der Waals surface area (Å²) in [6.45, 7) is 6.68. The fourth-order valence-electron chi connectivity index (χ4n) is 0.846. The van der Waals surface area contributed by atoms with Crippen molar-refractivity contribution >= 4 is 35.6 Å². The molecule has 0 heterocycles. The Morgan fingerprint density at radius 2 is 1.93 bits per heavy atom. The maximum absolute atomic E-state index is 5.84. The third kappa shape index (κ3) is 3.87. The van der Waals surface area contributed by atoms with Crippen LogP contribution in [0, 0.1) is 11.5 Å². The van der Waals surface area contributed by atoms with E-state index in [4.69, 9.17) is 11.6 Å². The van der Waals surface area contributed by atoms with Crippen LogP contribution in [0.25, 0.3) is 0 Å². The maximum Gasteiger partial charge on any atom is 0.129 e. The Morgan fingerprint density at radius 1 is 1.29 bits per heavy atom. The van der Waals surface area contributed by atoms with Gasteiger partial charge in [0.25, 0.3) is 0 Å². The smallest absolute Gasteiger partial charge is 0.127 e. The lowest BCUT2D eigenvalue weighted by Gasteiger charge is -2.04. The molecule has 0 radical (unpaired) electrons. The monoisotopic (exact) mass is 286 g/mol. The van der Waals surface area contributed by atoms with E-state index in [0.29, 0.717) is 0 Å². The fourth-order valence-corrected chi connectivity index (χ4v) is 2.14. The molecule has 0 aliphatic heterocycles. The van der Waals surface area contributed by atoms with Crippen LogP contribution in [0.5, 0.6) is 0 Å². The average molecular weight is 288 g/mol. The second-order valence-electron chi connectivity index (χ2n) is 4.12. The van der Waals surface area contributed by atoms with E-state index >= 15 is 0 Å². The minimum atomic E-state index is -1.29. The van der Waals surface area contributed by atoms with Crippen molar-refractivity contribution in [3.8, 4) is 11.5 Å². The van der Waals surface area contributed by atoms with Gasteiger partial charge in [0, 0.05) is 15.1 Å². The van der Waals surface area contributed by atoms with Gasteiger partial charge in [0.1, 0.15) is 8.07 Å². The summed E-state index contributed by atoms with van der Waals surface area (Å²) in [5, 5.41) is 0.732. The van der Waals surface area contributed by atoms with E-state index in [1.165, 1.54) is 0 Å². The summed E-state index contributed by atoms with van der Waals surface area (Å²) in [6.07, 6.45) is 0. The molecule has 0 aliphatic carbocycles. The van der Waals surface area contributed by atoms with Gasteiger partial charge in [0.2, 0.25) is 0 Å². The van der Waals surface area contributed by atoms with Gasteiger partial charge in [-0.05, 0) is 34.1 Å². The fraction of sp³-hybridized carbons (Fsp3) is 0.273. The number of halogens is 2. The van der Waals surface area contributed by atoms with Gasteiger partial charge in [-0.1, -0.05) is 37.2 Å². The van der Waals surface area contributed by atoms with Crippen molar-refractivity contribution in [3.05, 3.63) is 33.3 Å². The summed E-state index contributed by atoms with van der Waals surface area (Å²) in [5.41, 5.74) is 4.33. The van der Waals surface area contributed by atoms with Crippen molar-refractivity contribution in [3.63, 3.8) is 0 Å². The Kier molecular flexibility index (Phi) is 3.83. The molecule has 0 saturated heterocycles. The van der Waals surface area contributed by atoms with Gasteiger partial charge in [0.05, 0.1) is 0 Å². The quantitative estimate of drug-likeness (QED) is 0.492. The zero-order valence-electron chi connectivity index (χ0n) is 8.49. The van der Waals surface area contributed by atoms with E-state index in [-0.39, 0.29) is 0 Å². The molecule has 3 heteroatoms. The van der Waals surface area contributed by atoms with Crippen molar-refractivity contribution in [2.24, 2.45) is 0 Å². The topological polar surface area (TPSA) is 0 Å². The normalized spacial score (nSPS) is 10.6. The highest BCUT2D eigenvalue weighted by Crippen LogP contribution is 2.20. The van der Waals surface area contributed by atoms with Crippen molar-refractivity contribution in [1.29, 1.82) is 0 Å². The Bertz CT molecular complexity index is 396. The summed E-state index contributed by atoms with van der Waals surface area (Å²) in [5.74, 6) is 3.19. The van der Waals surface area contributed by atoms with Crippen LogP contribution in [-0.2, 0) is 0 Å². The first-order valence-corrected chi connectivity index (χ1v) is 9.04. The van der Waals surface area contributed by atoms with Crippen LogP contribution in [-0.4, -0.2) is 8.07 Å². The van der Waals surface area contributed by atoms with Crippen molar-refractivity contribution in [2.75, 3.05) is 0 Å². The Labute approximate surface area is 99.8 Å². The molecule has 0 amide bonds. The van der Waals surface area contributed by atoms with Crippen molar-refractivity contribution in [2.45, 2.75) is 19.6 Å². The molecule has 74 valence electrons. The molecule has 0 spiro atoms. The SMILES string of the molecule is C[Si](C)(C)C#Cc1ccc(Cl)cc1Br. The number of rotatable bonds is 0. The molecule has 0 atom stereocenters. The highest BCUT2D eigenvalue weighted by Gasteiger charge is 2.07. The summed E-state index contributed by atoms with van der Waals surface area (Å²) >= 11 is 9.28. The van der Waals surface area contributed by atoms with Gasteiger partial charge >= 0.3 is 0 Å². The Morgan fingerprint density at radius 3 is 2.43 bits per heavy atom. The zero-order valence-corrected chi connectivity index (χ0v) is 11.8.